The molecule has 1 amide bonds. The van der Waals surface area contributed by atoms with Crippen molar-refractivity contribution in [3.8, 4) is 0 Å². The number of hydrogen-bond donors (Lipinski definition) is 1. The van der Waals surface area contributed by atoms with Gasteiger partial charge in [0.05, 0.1) is 0 Å². The van der Waals surface area contributed by atoms with Crippen LogP contribution >= 0.6 is 0 Å². The molecular weight excluding hydrogens is 458 g/mol. The van der Waals surface area contributed by atoms with Gasteiger partial charge in [-0.05, 0) is 103 Å². The first-order valence-corrected chi connectivity index (χ1v) is 14.7. The molecule has 1 N–H and O–H groups in total. The van der Waals surface area contributed by atoms with Gasteiger partial charge in [-0.1, -0.05) is 31.5 Å². The summed E-state index contributed by atoms with van der Waals surface area (Å²) in [4.78, 5) is 16.3. The molecular formula is C31H47N5O. The van der Waals surface area contributed by atoms with Crippen molar-refractivity contribution < 1.29 is 4.79 Å². The Labute approximate surface area is 223 Å². The van der Waals surface area contributed by atoms with Crippen LogP contribution in [0.15, 0.2) is 18.2 Å². The molecule has 6 nitrogen and oxygen atoms in total. The van der Waals surface area contributed by atoms with E-state index in [0.29, 0.717) is 24.0 Å². The number of nitrogens with zero attached hydrogens (tertiary/aromatic N) is 4. The average molecular weight is 506 g/mol. The van der Waals surface area contributed by atoms with Gasteiger partial charge in [-0.2, -0.15) is 0 Å². The zero-order valence-corrected chi connectivity index (χ0v) is 24.0. The Morgan fingerprint density at radius 3 is 2.38 bits per heavy atom. The summed E-state index contributed by atoms with van der Waals surface area (Å²) in [7, 11) is 2.21. The number of hydrogen-bond acceptors (Lipinski definition) is 4. The Kier molecular flexibility index (Phi) is 7.50. The largest absolute Gasteiger partial charge is 0.326 e. The number of carbonyl (C=O) groups is 1. The van der Waals surface area contributed by atoms with Gasteiger partial charge in [0.2, 0.25) is 5.91 Å². The van der Waals surface area contributed by atoms with E-state index in [1.165, 1.54) is 43.5 Å². The van der Waals surface area contributed by atoms with Gasteiger partial charge in [0.25, 0.3) is 0 Å². The number of carbonyl (C=O) groups excluding carboxylic acids is 1. The molecule has 3 aliphatic carbocycles. The molecule has 6 heteroatoms. The predicted octanol–water partition coefficient (Wildman–Crippen LogP) is 6.61. The normalized spacial score (nSPS) is 27.8. The van der Waals surface area contributed by atoms with Gasteiger partial charge in [-0.25, -0.2) is 0 Å². The minimum absolute atomic E-state index is 0.100. The molecule has 1 unspecified atom stereocenters. The van der Waals surface area contributed by atoms with Gasteiger partial charge in [0.15, 0.2) is 0 Å². The minimum Gasteiger partial charge on any atom is -0.326 e. The predicted molar refractivity (Wildman–Crippen MR) is 150 cm³/mol. The molecule has 1 heterocycles. The lowest BCUT2D eigenvalue weighted by atomic mass is 9.71. The summed E-state index contributed by atoms with van der Waals surface area (Å²) in [6, 6.07) is 7.58. The van der Waals surface area contributed by atoms with E-state index in [1.54, 1.807) is 0 Å². The lowest BCUT2D eigenvalue weighted by Crippen LogP contribution is -2.36. The highest BCUT2D eigenvalue weighted by Crippen LogP contribution is 2.50. The summed E-state index contributed by atoms with van der Waals surface area (Å²) in [6.07, 6.45) is 8.04. The molecule has 1 aromatic heterocycles. The van der Waals surface area contributed by atoms with E-state index in [1.807, 2.05) is 6.07 Å². The third-order valence-electron chi connectivity index (χ3n) is 9.30. The Balaban J connectivity index is 1.41. The van der Waals surface area contributed by atoms with Crippen LogP contribution < -0.4 is 5.32 Å². The first-order chi connectivity index (χ1) is 17.6. The second-order valence-corrected chi connectivity index (χ2v) is 13.1. The number of benzene rings is 1. The summed E-state index contributed by atoms with van der Waals surface area (Å²) in [5.41, 5.74) is 3.25. The van der Waals surface area contributed by atoms with E-state index in [-0.39, 0.29) is 17.7 Å². The maximum absolute atomic E-state index is 13.8. The quantitative estimate of drug-likeness (QED) is 0.416. The number of anilines is 1. The van der Waals surface area contributed by atoms with Crippen LogP contribution in [0.4, 0.5) is 5.69 Å². The van der Waals surface area contributed by atoms with E-state index in [4.69, 9.17) is 10.2 Å². The molecule has 1 aromatic carbocycles. The van der Waals surface area contributed by atoms with Gasteiger partial charge in [-0.15, -0.1) is 10.2 Å². The van der Waals surface area contributed by atoms with Crippen molar-refractivity contribution in [2.45, 2.75) is 116 Å². The SMILES string of the molecule is Cc1ccc(NC(=O)[C@H]2CC(N(C)C(C)C)C[C@@H]2c2nnc(C3CC(CC(C)C)C3)n2C2CC2)c(C)c1. The van der Waals surface area contributed by atoms with Crippen molar-refractivity contribution in [2.24, 2.45) is 17.8 Å². The molecule has 0 spiro atoms. The Morgan fingerprint density at radius 2 is 1.76 bits per heavy atom. The highest BCUT2D eigenvalue weighted by Gasteiger charge is 2.46. The lowest BCUT2D eigenvalue weighted by molar-refractivity contribution is -0.120. The summed E-state index contributed by atoms with van der Waals surface area (Å²) < 4.78 is 2.50. The molecule has 5 rings (SSSR count). The van der Waals surface area contributed by atoms with Crippen molar-refractivity contribution >= 4 is 11.6 Å². The van der Waals surface area contributed by atoms with Crippen LogP contribution in [0.5, 0.6) is 0 Å². The summed E-state index contributed by atoms with van der Waals surface area (Å²) >= 11 is 0. The van der Waals surface area contributed by atoms with Gasteiger partial charge in [-0.3, -0.25) is 4.79 Å². The molecule has 2 aromatic rings. The van der Waals surface area contributed by atoms with Crippen LogP contribution in [-0.2, 0) is 4.79 Å². The van der Waals surface area contributed by atoms with E-state index in [9.17, 15) is 4.79 Å². The zero-order valence-electron chi connectivity index (χ0n) is 24.0. The van der Waals surface area contributed by atoms with Crippen molar-refractivity contribution in [3.63, 3.8) is 0 Å². The summed E-state index contributed by atoms with van der Waals surface area (Å²) in [6.45, 7) is 13.3. The molecule has 37 heavy (non-hydrogen) atoms. The average Bonchev–Trinajstić information content (AvgIpc) is 3.40. The fraction of sp³-hybridized carbons (Fsp3) is 0.710. The van der Waals surface area contributed by atoms with E-state index >= 15 is 0 Å². The molecule has 3 aliphatic rings. The van der Waals surface area contributed by atoms with Crippen LogP contribution in [0.25, 0.3) is 0 Å². The van der Waals surface area contributed by atoms with Crippen molar-refractivity contribution in [1.29, 1.82) is 0 Å². The van der Waals surface area contributed by atoms with Crippen LogP contribution in [0.1, 0.15) is 113 Å². The number of nitrogens with one attached hydrogen (secondary N) is 1. The molecule has 3 atom stereocenters. The van der Waals surface area contributed by atoms with Gasteiger partial charge < -0.3 is 14.8 Å². The van der Waals surface area contributed by atoms with E-state index < -0.39 is 0 Å². The van der Waals surface area contributed by atoms with E-state index in [0.717, 1.165) is 41.8 Å². The van der Waals surface area contributed by atoms with Crippen LogP contribution in [0.3, 0.4) is 0 Å². The van der Waals surface area contributed by atoms with Crippen LogP contribution in [0.2, 0.25) is 0 Å². The molecule has 0 saturated heterocycles. The number of rotatable bonds is 9. The first kappa shape index (κ1) is 26.4. The zero-order chi connectivity index (χ0) is 26.4. The summed E-state index contributed by atoms with van der Waals surface area (Å²) in [5.74, 6) is 4.52. The number of aromatic nitrogens is 3. The van der Waals surface area contributed by atoms with Crippen molar-refractivity contribution in [3.05, 3.63) is 41.0 Å². The van der Waals surface area contributed by atoms with Crippen molar-refractivity contribution in [1.82, 2.24) is 19.7 Å². The fourth-order valence-electron chi connectivity index (χ4n) is 6.88. The second-order valence-electron chi connectivity index (χ2n) is 13.1. The molecule has 0 aliphatic heterocycles. The Morgan fingerprint density at radius 1 is 1.05 bits per heavy atom. The van der Waals surface area contributed by atoms with Crippen LogP contribution in [-0.4, -0.2) is 44.7 Å². The third kappa shape index (κ3) is 5.50. The highest BCUT2D eigenvalue weighted by atomic mass is 16.1. The summed E-state index contributed by atoms with van der Waals surface area (Å²) in [5, 5.41) is 13.0. The van der Waals surface area contributed by atoms with Gasteiger partial charge in [0.1, 0.15) is 11.6 Å². The maximum atomic E-state index is 13.8. The number of aryl methyl sites for hydroxylation is 2. The maximum Gasteiger partial charge on any atom is 0.228 e. The number of amides is 1. The second kappa shape index (κ2) is 10.5. The molecule has 202 valence electrons. The molecule has 3 saturated carbocycles. The smallest absolute Gasteiger partial charge is 0.228 e. The fourth-order valence-corrected chi connectivity index (χ4v) is 6.88. The molecule has 0 radical (unpaired) electrons. The monoisotopic (exact) mass is 505 g/mol. The minimum atomic E-state index is -0.100. The Bertz CT molecular complexity index is 1110. The molecule has 0 bridgehead atoms. The third-order valence-corrected chi connectivity index (χ3v) is 9.30. The van der Waals surface area contributed by atoms with Gasteiger partial charge >= 0.3 is 0 Å². The molecule has 3 fully saturated rings. The standard InChI is InChI=1S/C31H47N5O/c1-18(2)12-22-14-23(15-22)29-33-34-30(36(29)24-9-10-24)26-16-25(35(7)19(3)4)17-27(26)31(37)32-28-11-8-20(5)13-21(28)6/h8,11,13,18-19,22-27H,9-10,12,14-17H2,1-7H3,(H,32,37)/t22?,23?,25?,26-,27-/m0/s1. The first-order valence-electron chi connectivity index (χ1n) is 14.7. The Hall–Kier alpha value is -2.21. The lowest BCUT2D eigenvalue weighted by Gasteiger charge is -2.36. The van der Waals surface area contributed by atoms with E-state index in [2.05, 4.69) is 75.5 Å². The highest BCUT2D eigenvalue weighted by molar-refractivity contribution is 5.94. The van der Waals surface area contributed by atoms with Crippen molar-refractivity contribution in [2.75, 3.05) is 12.4 Å². The van der Waals surface area contributed by atoms with Crippen LogP contribution in [0, 0.1) is 31.6 Å². The topological polar surface area (TPSA) is 63.1 Å². The van der Waals surface area contributed by atoms with Gasteiger partial charge in [0, 0.05) is 41.6 Å².